The number of phenols is 1. The van der Waals surface area contributed by atoms with Crippen LogP contribution in [0.5, 0.6) is 5.75 Å². The minimum absolute atomic E-state index is 0.0648. The van der Waals surface area contributed by atoms with Crippen molar-refractivity contribution in [1.29, 1.82) is 0 Å². The van der Waals surface area contributed by atoms with E-state index >= 15 is 0 Å². The topological polar surface area (TPSA) is 108 Å². The largest absolute Gasteiger partial charge is 0.505 e. The summed E-state index contributed by atoms with van der Waals surface area (Å²) in [5.41, 5.74) is 0.112. The highest BCUT2D eigenvalue weighted by Gasteiger charge is 2.22. The van der Waals surface area contributed by atoms with Gasteiger partial charge in [-0.15, -0.1) is 0 Å². The highest BCUT2D eigenvalue weighted by atomic mass is 16.3. The summed E-state index contributed by atoms with van der Waals surface area (Å²) in [5, 5.41) is 18.4. The summed E-state index contributed by atoms with van der Waals surface area (Å²) >= 11 is 0. The van der Waals surface area contributed by atoms with E-state index in [0.717, 1.165) is 5.56 Å². The third kappa shape index (κ3) is 4.20. The van der Waals surface area contributed by atoms with Gasteiger partial charge in [0.25, 0.3) is 16.8 Å². The number of phenolic OH excluding ortho intramolecular Hbond substituents is 1. The number of carbonyl (C=O) groups is 1. The Bertz CT molecular complexity index is 1020. The maximum absolute atomic E-state index is 11.9. The zero-order chi connectivity index (χ0) is 20.7. The van der Waals surface area contributed by atoms with Crippen molar-refractivity contribution in [3.8, 4) is 5.75 Å². The van der Waals surface area contributed by atoms with Gasteiger partial charge in [0.05, 0.1) is 11.3 Å². The smallest absolute Gasteiger partial charge is 0.254 e. The van der Waals surface area contributed by atoms with E-state index in [1.54, 1.807) is 6.07 Å². The highest BCUT2D eigenvalue weighted by molar-refractivity contribution is 5.99. The quantitative estimate of drug-likeness (QED) is 0.386. The molecule has 28 heavy (non-hydrogen) atoms. The molecule has 0 saturated heterocycles. The summed E-state index contributed by atoms with van der Waals surface area (Å²) in [6.45, 7) is 4.38. The minimum atomic E-state index is -0.676. The Balaban J connectivity index is 0.00000136. The first-order valence-electron chi connectivity index (χ1n) is 8.95. The van der Waals surface area contributed by atoms with Crippen molar-refractivity contribution in [2.24, 2.45) is 0 Å². The normalized spacial score (nSPS) is 9.96. The van der Waals surface area contributed by atoms with Crippen molar-refractivity contribution in [3.05, 3.63) is 80.1 Å². The molecule has 0 bridgehead atoms. The van der Waals surface area contributed by atoms with Gasteiger partial charge in [0.1, 0.15) is 11.4 Å². The second-order valence-corrected chi connectivity index (χ2v) is 5.65. The van der Waals surface area contributed by atoms with Gasteiger partial charge in [-0.3, -0.25) is 14.4 Å². The van der Waals surface area contributed by atoms with E-state index in [0.29, 0.717) is 6.54 Å². The van der Waals surface area contributed by atoms with Gasteiger partial charge in [0, 0.05) is 13.6 Å². The number of hydrogen-bond donors (Lipinski definition) is 4. The Morgan fingerprint density at radius 2 is 1.57 bits per heavy atom. The lowest BCUT2D eigenvalue weighted by Gasteiger charge is -2.16. The number of para-hydroxylation sites is 1. The number of benzene rings is 2. The highest BCUT2D eigenvalue weighted by Crippen LogP contribution is 2.31. The van der Waals surface area contributed by atoms with Crippen LogP contribution >= 0.6 is 0 Å². The van der Waals surface area contributed by atoms with Crippen LogP contribution < -0.4 is 26.8 Å². The van der Waals surface area contributed by atoms with E-state index in [1.807, 2.05) is 44.2 Å². The molecule has 0 aromatic heterocycles. The number of amides is 1. The lowest BCUT2D eigenvalue weighted by molar-refractivity contribution is 0.0960. The van der Waals surface area contributed by atoms with Crippen LogP contribution in [0.15, 0.2) is 58.1 Å². The molecule has 0 fully saturated rings. The lowest BCUT2D eigenvalue weighted by Crippen LogP contribution is -2.36. The molecule has 7 heteroatoms. The first-order valence-corrected chi connectivity index (χ1v) is 8.95. The second-order valence-electron chi connectivity index (χ2n) is 5.65. The molecule has 0 spiro atoms. The third-order valence-corrected chi connectivity index (χ3v) is 3.99. The molecule has 0 saturated carbocycles. The zero-order valence-electron chi connectivity index (χ0n) is 16.0. The molecule has 4 N–H and O–H groups in total. The van der Waals surface area contributed by atoms with Crippen LogP contribution in [-0.4, -0.2) is 18.1 Å². The Hall–Kier alpha value is -3.61. The van der Waals surface area contributed by atoms with Gasteiger partial charge in [0.15, 0.2) is 5.75 Å². The van der Waals surface area contributed by atoms with Crippen molar-refractivity contribution in [1.82, 2.24) is 5.32 Å². The van der Waals surface area contributed by atoms with Crippen LogP contribution in [0.25, 0.3) is 0 Å². The number of nitrogens with one attached hydrogen (secondary N) is 3. The van der Waals surface area contributed by atoms with Crippen molar-refractivity contribution in [3.63, 3.8) is 0 Å². The number of rotatable bonds is 6. The average molecular weight is 381 g/mol. The fourth-order valence-corrected chi connectivity index (χ4v) is 2.56. The molecule has 3 rings (SSSR count). The van der Waals surface area contributed by atoms with E-state index < -0.39 is 16.8 Å². The number of anilines is 3. The summed E-state index contributed by atoms with van der Waals surface area (Å²) in [6, 6.07) is 14.0. The molecule has 0 unspecified atom stereocenters. The monoisotopic (exact) mass is 381 g/mol. The molecular formula is C21H23N3O4. The standard InChI is InChI=1S/C19H17N3O4.C2H6/c1-20-19(26)12-8-5-9-13(16(12)23)22-15-14(17(24)18(15)25)21-10-11-6-3-2-4-7-11;1-2/h2-9,21-23H,10H2,1H3,(H,20,26);1-2H3. The van der Waals surface area contributed by atoms with Gasteiger partial charge in [-0.25, -0.2) is 0 Å². The summed E-state index contributed by atoms with van der Waals surface area (Å²) in [6.07, 6.45) is 0. The summed E-state index contributed by atoms with van der Waals surface area (Å²) in [5.74, 6) is -0.757. The third-order valence-electron chi connectivity index (χ3n) is 3.99. The van der Waals surface area contributed by atoms with Gasteiger partial charge in [-0.05, 0) is 17.7 Å². The van der Waals surface area contributed by atoms with Crippen LogP contribution in [0.2, 0.25) is 0 Å². The molecule has 0 heterocycles. The fraction of sp³-hybridized carbons (Fsp3) is 0.190. The Morgan fingerprint density at radius 1 is 0.929 bits per heavy atom. The van der Waals surface area contributed by atoms with E-state index in [4.69, 9.17) is 0 Å². The molecule has 7 nitrogen and oxygen atoms in total. The van der Waals surface area contributed by atoms with E-state index in [9.17, 15) is 19.5 Å². The SMILES string of the molecule is CC.CNC(=O)c1cccc(Nc2c(NCc3ccccc3)c(=O)c2=O)c1O. The maximum atomic E-state index is 11.9. The van der Waals surface area contributed by atoms with Gasteiger partial charge in [0.2, 0.25) is 0 Å². The van der Waals surface area contributed by atoms with Gasteiger partial charge in [-0.2, -0.15) is 0 Å². The molecule has 0 radical (unpaired) electrons. The molecule has 0 aliphatic rings. The predicted molar refractivity (Wildman–Crippen MR) is 111 cm³/mol. The Labute approximate surface area is 162 Å². The van der Waals surface area contributed by atoms with Crippen molar-refractivity contribution < 1.29 is 9.90 Å². The molecular weight excluding hydrogens is 358 g/mol. The molecule has 0 aliphatic carbocycles. The predicted octanol–water partition coefficient (Wildman–Crippen LogP) is 2.73. The van der Waals surface area contributed by atoms with Crippen LogP contribution in [0.1, 0.15) is 29.8 Å². The van der Waals surface area contributed by atoms with E-state index in [1.165, 1.54) is 19.2 Å². The number of carbonyl (C=O) groups excluding carboxylic acids is 1. The van der Waals surface area contributed by atoms with Gasteiger partial charge < -0.3 is 21.1 Å². The van der Waals surface area contributed by atoms with Gasteiger partial charge in [-0.1, -0.05) is 50.2 Å². The van der Waals surface area contributed by atoms with Crippen molar-refractivity contribution >= 4 is 23.0 Å². The molecule has 146 valence electrons. The summed E-state index contributed by atoms with van der Waals surface area (Å²) in [7, 11) is 1.45. The molecule has 0 aliphatic heterocycles. The van der Waals surface area contributed by atoms with E-state index in [-0.39, 0.29) is 28.4 Å². The Kier molecular flexibility index (Phi) is 6.92. The average Bonchev–Trinajstić information content (AvgIpc) is 2.75. The summed E-state index contributed by atoms with van der Waals surface area (Å²) < 4.78 is 0. The molecule has 3 aromatic rings. The number of hydrogen-bond acceptors (Lipinski definition) is 6. The Morgan fingerprint density at radius 3 is 2.21 bits per heavy atom. The summed E-state index contributed by atoms with van der Waals surface area (Å²) in [4.78, 5) is 35.5. The zero-order valence-corrected chi connectivity index (χ0v) is 16.0. The second kappa shape index (κ2) is 9.36. The first kappa shape index (κ1) is 20.7. The first-order chi connectivity index (χ1) is 13.5. The van der Waals surface area contributed by atoms with E-state index in [2.05, 4.69) is 16.0 Å². The maximum Gasteiger partial charge on any atom is 0.254 e. The van der Waals surface area contributed by atoms with Crippen molar-refractivity contribution in [2.45, 2.75) is 20.4 Å². The van der Waals surface area contributed by atoms with Crippen LogP contribution in [-0.2, 0) is 6.54 Å². The van der Waals surface area contributed by atoms with Crippen LogP contribution in [0, 0.1) is 0 Å². The fourth-order valence-electron chi connectivity index (χ4n) is 2.56. The lowest BCUT2D eigenvalue weighted by atomic mass is 10.1. The molecule has 1 amide bonds. The molecule has 3 aromatic carbocycles. The van der Waals surface area contributed by atoms with Gasteiger partial charge >= 0.3 is 0 Å². The number of aromatic hydroxyl groups is 1. The van der Waals surface area contributed by atoms with Crippen LogP contribution in [0.3, 0.4) is 0 Å². The van der Waals surface area contributed by atoms with Crippen LogP contribution in [0.4, 0.5) is 17.1 Å². The minimum Gasteiger partial charge on any atom is -0.505 e. The van der Waals surface area contributed by atoms with Crippen molar-refractivity contribution in [2.75, 3.05) is 17.7 Å². The molecule has 0 atom stereocenters.